The standard InChI is InChI=1S/C10H12F3N3O/c11-10(12,13)8-3-5-15-9(16-8)17-7-2-1-4-14-6-7/h3,5,7,14H,1-2,4,6H2. The number of nitrogens with one attached hydrogen (secondary N) is 1. The van der Waals surface area contributed by atoms with Gasteiger partial charge in [0.25, 0.3) is 0 Å². The highest BCUT2D eigenvalue weighted by Gasteiger charge is 2.33. The van der Waals surface area contributed by atoms with Gasteiger partial charge in [0.1, 0.15) is 6.10 Å². The summed E-state index contributed by atoms with van der Waals surface area (Å²) in [5.41, 5.74) is -0.980. The molecule has 1 aliphatic rings. The Balaban J connectivity index is 2.05. The third-order valence-electron chi connectivity index (χ3n) is 2.45. The van der Waals surface area contributed by atoms with Crippen molar-refractivity contribution in [2.75, 3.05) is 13.1 Å². The summed E-state index contributed by atoms with van der Waals surface area (Å²) in [6.45, 7) is 1.52. The minimum absolute atomic E-state index is 0.160. The molecule has 1 aliphatic heterocycles. The summed E-state index contributed by atoms with van der Waals surface area (Å²) in [6.07, 6.45) is -1.84. The van der Waals surface area contributed by atoms with E-state index in [0.717, 1.165) is 31.6 Å². The summed E-state index contributed by atoms with van der Waals surface area (Å²) in [6, 6.07) is 0.611. The molecule has 0 radical (unpaired) electrons. The molecule has 4 nitrogen and oxygen atoms in total. The summed E-state index contributed by atoms with van der Waals surface area (Å²) in [5.74, 6) is 0. The van der Waals surface area contributed by atoms with E-state index in [-0.39, 0.29) is 12.1 Å². The first-order valence-corrected chi connectivity index (χ1v) is 5.33. The lowest BCUT2D eigenvalue weighted by Crippen LogP contribution is -2.37. The van der Waals surface area contributed by atoms with Crippen molar-refractivity contribution in [2.45, 2.75) is 25.1 Å². The first-order chi connectivity index (χ1) is 8.05. The normalized spacial score (nSPS) is 21.2. The average molecular weight is 247 g/mol. The lowest BCUT2D eigenvalue weighted by atomic mass is 10.1. The van der Waals surface area contributed by atoms with Crippen molar-refractivity contribution in [2.24, 2.45) is 0 Å². The number of ether oxygens (including phenoxy) is 1. The van der Waals surface area contributed by atoms with E-state index in [1.807, 2.05) is 0 Å². The zero-order valence-corrected chi connectivity index (χ0v) is 9.00. The predicted molar refractivity (Wildman–Crippen MR) is 53.6 cm³/mol. The van der Waals surface area contributed by atoms with Crippen LogP contribution in [0.4, 0.5) is 13.2 Å². The van der Waals surface area contributed by atoms with E-state index >= 15 is 0 Å². The molecule has 94 valence electrons. The fourth-order valence-electron chi connectivity index (χ4n) is 1.62. The molecular weight excluding hydrogens is 235 g/mol. The van der Waals surface area contributed by atoms with Gasteiger partial charge in [-0.3, -0.25) is 0 Å². The molecule has 2 rings (SSSR count). The second-order valence-electron chi connectivity index (χ2n) is 3.81. The molecular formula is C10H12F3N3O. The van der Waals surface area contributed by atoms with Crippen molar-refractivity contribution in [1.29, 1.82) is 0 Å². The maximum Gasteiger partial charge on any atom is 0.433 e. The number of aromatic nitrogens is 2. The average Bonchev–Trinajstić information content (AvgIpc) is 2.29. The van der Waals surface area contributed by atoms with E-state index < -0.39 is 11.9 Å². The topological polar surface area (TPSA) is 47.0 Å². The zero-order chi connectivity index (χ0) is 12.3. The van der Waals surface area contributed by atoms with Crippen molar-refractivity contribution in [3.05, 3.63) is 18.0 Å². The quantitative estimate of drug-likeness (QED) is 0.862. The molecule has 0 spiro atoms. The minimum atomic E-state index is -4.47. The number of nitrogens with zero attached hydrogens (tertiary/aromatic N) is 2. The molecule has 7 heteroatoms. The lowest BCUT2D eigenvalue weighted by Gasteiger charge is -2.22. The van der Waals surface area contributed by atoms with Gasteiger partial charge in [0.2, 0.25) is 0 Å². The number of alkyl halides is 3. The third kappa shape index (κ3) is 3.29. The fourth-order valence-corrected chi connectivity index (χ4v) is 1.62. The highest BCUT2D eigenvalue weighted by atomic mass is 19.4. The van der Waals surface area contributed by atoms with Crippen molar-refractivity contribution < 1.29 is 17.9 Å². The number of hydrogen-bond acceptors (Lipinski definition) is 4. The number of hydrogen-bond donors (Lipinski definition) is 1. The van der Waals surface area contributed by atoms with Crippen LogP contribution in [0.3, 0.4) is 0 Å². The summed E-state index contributed by atoms with van der Waals surface area (Å²) < 4.78 is 42.5. The SMILES string of the molecule is FC(F)(F)c1ccnc(OC2CCCNC2)n1. The van der Waals surface area contributed by atoms with Crippen molar-refractivity contribution in [3.8, 4) is 6.01 Å². The van der Waals surface area contributed by atoms with Crippen LogP contribution in [0.25, 0.3) is 0 Å². The Bertz CT molecular complexity index is 377. The predicted octanol–water partition coefficient (Wildman–Crippen LogP) is 1.63. The Morgan fingerprint density at radius 1 is 1.41 bits per heavy atom. The Labute approximate surface area is 96.2 Å². The van der Waals surface area contributed by atoms with Gasteiger partial charge in [0.05, 0.1) is 0 Å². The fraction of sp³-hybridized carbons (Fsp3) is 0.600. The van der Waals surface area contributed by atoms with Gasteiger partial charge in [-0.2, -0.15) is 18.2 Å². The molecule has 1 aromatic rings. The second kappa shape index (κ2) is 4.87. The second-order valence-corrected chi connectivity index (χ2v) is 3.81. The van der Waals surface area contributed by atoms with E-state index in [1.165, 1.54) is 0 Å². The van der Waals surface area contributed by atoms with Crippen LogP contribution in [0.15, 0.2) is 12.3 Å². The van der Waals surface area contributed by atoms with E-state index in [0.29, 0.717) is 6.54 Å². The van der Waals surface area contributed by atoms with Crippen molar-refractivity contribution in [1.82, 2.24) is 15.3 Å². The molecule has 0 aromatic carbocycles. The summed E-state index contributed by atoms with van der Waals surface area (Å²) >= 11 is 0. The maximum absolute atomic E-state index is 12.4. The molecule has 0 bridgehead atoms. The maximum atomic E-state index is 12.4. The van der Waals surface area contributed by atoms with E-state index in [9.17, 15) is 13.2 Å². The van der Waals surface area contributed by atoms with Crippen LogP contribution in [0.1, 0.15) is 18.5 Å². The van der Waals surface area contributed by atoms with Crippen LogP contribution >= 0.6 is 0 Å². The van der Waals surface area contributed by atoms with Crippen LogP contribution in [-0.4, -0.2) is 29.2 Å². The van der Waals surface area contributed by atoms with Crippen molar-refractivity contribution >= 4 is 0 Å². The minimum Gasteiger partial charge on any atom is -0.459 e. The number of piperidine rings is 1. The smallest absolute Gasteiger partial charge is 0.433 e. The summed E-state index contributed by atoms with van der Waals surface area (Å²) in [7, 11) is 0. The van der Waals surface area contributed by atoms with Gasteiger partial charge >= 0.3 is 12.2 Å². The van der Waals surface area contributed by atoms with Crippen LogP contribution in [0, 0.1) is 0 Å². The van der Waals surface area contributed by atoms with E-state index in [4.69, 9.17) is 4.74 Å². The molecule has 0 amide bonds. The highest BCUT2D eigenvalue weighted by Crippen LogP contribution is 2.28. The number of halogens is 3. The molecule has 1 fully saturated rings. The van der Waals surface area contributed by atoms with E-state index in [2.05, 4.69) is 15.3 Å². The van der Waals surface area contributed by atoms with Crippen LogP contribution in [0.5, 0.6) is 6.01 Å². The summed E-state index contributed by atoms with van der Waals surface area (Å²) in [4.78, 5) is 7.04. The van der Waals surface area contributed by atoms with Gasteiger partial charge in [-0.1, -0.05) is 0 Å². The van der Waals surface area contributed by atoms with Crippen LogP contribution < -0.4 is 10.1 Å². The Hall–Kier alpha value is -1.37. The Kier molecular flexibility index (Phi) is 3.46. The first kappa shape index (κ1) is 12.1. The van der Waals surface area contributed by atoms with Gasteiger partial charge in [0, 0.05) is 12.7 Å². The molecule has 1 N–H and O–H groups in total. The van der Waals surface area contributed by atoms with Gasteiger partial charge in [0.15, 0.2) is 5.69 Å². The molecule has 1 atom stereocenters. The van der Waals surface area contributed by atoms with Gasteiger partial charge < -0.3 is 10.1 Å². The molecule has 1 saturated heterocycles. The molecule has 1 unspecified atom stereocenters. The summed E-state index contributed by atoms with van der Waals surface area (Å²) in [5, 5.41) is 3.10. The van der Waals surface area contributed by atoms with Crippen molar-refractivity contribution in [3.63, 3.8) is 0 Å². The zero-order valence-electron chi connectivity index (χ0n) is 9.00. The van der Waals surface area contributed by atoms with Crippen LogP contribution in [-0.2, 0) is 6.18 Å². The molecule has 0 saturated carbocycles. The van der Waals surface area contributed by atoms with Gasteiger partial charge in [-0.25, -0.2) is 4.98 Å². The molecule has 2 heterocycles. The highest BCUT2D eigenvalue weighted by molar-refractivity contribution is 5.09. The molecule has 17 heavy (non-hydrogen) atoms. The van der Waals surface area contributed by atoms with Gasteiger partial charge in [-0.05, 0) is 25.5 Å². The van der Waals surface area contributed by atoms with Gasteiger partial charge in [-0.15, -0.1) is 0 Å². The molecule has 0 aliphatic carbocycles. The van der Waals surface area contributed by atoms with Crippen LogP contribution in [0.2, 0.25) is 0 Å². The first-order valence-electron chi connectivity index (χ1n) is 5.33. The monoisotopic (exact) mass is 247 g/mol. The molecule has 1 aromatic heterocycles. The lowest BCUT2D eigenvalue weighted by molar-refractivity contribution is -0.141. The Morgan fingerprint density at radius 2 is 2.24 bits per heavy atom. The number of rotatable bonds is 2. The van der Waals surface area contributed by atoms with E-state index in [1.54, 1.807) is 0 Å². The Morgan fingerprint density at radius 3 is 2.88 bits per heavy atom. The third-order valence-corrected chi connectivity index (χ3v) is 2.45. The largest absolute Gasteiger partial charge is 0.459 e.